The number of rotatable bonds is 9. The molecule has 0 amide bonds. The zero-order valence-electron chi connectivity index (χ0n) is 17.7. The monoisotopic (exact) mass is 452 g/mol. The van der Waals surface area contributed by atoms with Crippen molar-refractivity contribution >= 4 is 7.60 Å². The van der Waals surface area contributed by atoms with Crippen LogP contribution in [-0.4, -0.2) is 61.4 Å². The molecule has 4 N–H and O–H groups in total. The van der Waals surface area contributed by atoms with Crippen molar-refractivity contribution in [2.45, 2.75) is 82.3 Å². The topological polar surface area (TPSA) is 151 Å². The highest BCUT2D eigenvalue weighted by molar-refractivity contribution is 7.54. The lowest BCUT2D eigenvalue weighted by molar-refractivity contribution is -0.0537. The second-order valence-corrected chi connectivity index (χ2v) is 10.1. The van der Waals surface area contributed by atoms with Crippen LogP contribution in [0.2, 0.25) is 0 Å². The maximum Gasteiger partial charge on any atom is 0.359 e. The van der Waals surface area contributed by atoms with E-state index in [1.165, 1.54) is 14.0 Å². The van der Waals surface area contributed by atoms with Crippen LogP contribution in [0.25, 0.3) is 0 Å². The van der Waals surface area contributed by atoms with Gasteiger partial charge in [-0.05, 0) is 26.7 Å². The van der Waals surface area contributed by atoms with Gasteiger partial charge >= 0.3 is 13.3 Å². The van der Waals surface area contributed by atoms with Gasteiger partial charge in [0.25, 0.3) is 0 Å². The maximum atomic E-state index is 14.2. The van der Waals surface area contributed by atoms with E-state index < -0.39 is 54.6 Å². The van der Waals surface area contributed by atoms with E-state index in [2.05, 4.69) is 4.98 Å². The Balaban J connectivity index is 2.28. The Bertz CT molecular complexity index is 850. The van der Waals surface area contributed by atoms with Crippen molar-refractivity contribution in [2.75, 3.05) is 7.11 Å². The fraction of sp³-hybridized carbons (Fsp3) is 0.778. The smallest absolute Gasteiger partial charge is 0.359 e. The minimum Gasteiger partial charge on any atom is -0.388 e. The van der Waals surface area contributed by atoms with E-state index in [0.717, 1.165) is 6.20 Å². The van der Waals surface area contributed by atoms with Gasteiger partial charge in [-0.25, -0.2) is 9.78 Å². The molecule has 1 aliphatic heterocycles. The molecule has 7 unspecified atom stereocenters. The minimum atomic E-state index is -4.44. The number of hydrogen-bond donors (Lipinski definition) is 4. The molecule has 30 heavy (non-hydrogen) atoms. The fourth-order valence-corrected chi connectivity index (χ4v) is 4.67. The minimum absolute atomic E-state index is 0.00453. The lowest BCUT2D eigenvalue weighted by Crippen LogP contribution is -2.40. The van der Waals surface area contributed by atoms with Crippen LogP contribution < -0.4 is 5.69 Å². The summed E-state index contributed by atoms with van der Waals surface area (Å²) in [5.41, 5.74) is -2.21. The third-order valence-corrected chi connectivity index (χ3v) is 7.93. The summed E-state index contributed by atoms with van der Waals surface area (Å²) in [7, 11) is -3.12. The van der Waals surface area contributed by atoms with Crippen molar-refractivity contribution in [3.05, 3.63) is 28.2 Å². The van der Waals surface area contributed by atoms with Crippen molar-refractivity contribution in [1.29, 1.82) is 0 Å². The molecule has 172 valence electrons. The average Bonchev–Trinajstić information content (AvgIpc) is 2.96. The van der Waals surface area contributed by atoms with E-state index in [1.54, 1.807) is 20.8 Å². The van der Waals surface area contributed by atoms with E-state index in [1.807, 2.05) is 4.98 Å². The van der Waals surface area contributed by atoms with E-state index in [4.69, 9.17) is 14.0 Å². The molecule has 7 atom stereocenters. The Labute approximate surface area is 173 Å². The van der Waals surface area contributed by atoms with Crippen LogP contribution in [0.4, 0.5) is 4.39 Å². The summed E-state index contributed by atoms with van der Waals surface area (Å²) in [6, 6.07) is 0. The van der Waals surface area contributed by atoms with Gasteiger partial charge in [-0.1, -0.05) is 13.8 Å². The van der Waals surface area contributed by atoms with Gasteiger partial charge < -0.3 is 29.1 Å². The highest BCUT2D eigenvalue weighted by atomic mass is 31.2. The van der Waals surface area contributed by atoms with Gasteiger partial charge in [-0.15, -0.1) is 0 Å². The molecule has 1 fully saturated rings. The van der Waals surface area contributed by atoms with E-state index in [-0.39, 0.29) is 24.8 Å². The molecular formula is C18H30FN2O8P. The number of hydrogen-bond acceptors (Lipinski definition) is 8. The van der Waals surface area contributed by atoms with Crippen LogP contribution in [0.15, 0.2) is 11.0 Å². The number of halogens is 1. The summed E-state index contributed by atoms with van der Waals surface area (Å²) in [5, 5.41) is 19.0. The number of aromatic nitrogens is 2. The molecule has 1 saturated heterocycles. The van der Waals surface area contributed by atoms with Gasteiger partial charge in [0, 0.05) is 19.7 Å². The number of aliphatic hydroxyl groups excluding tert-OH is 1. The third-order valence-electron chi connectivity index (χ3n) is 5.71. The van der Waals surface area contributed by atoms with Gasteiger partial charge in [0.1, 0.15) is 18.3 Å². The molecule has 1 aromatic heterocycles. The Morgan fingerprint density at radius 2 is 2.00 bits per heavy atom. The summed E-state index contributed by atoms with van der Waals surface area (Å²) in [4.78, 5) is 26.9. The summed E-state index contributed by atoms with van der Waals surface area (Å²) < 4.78 is 43.5. The van der Waals surface area contributed by atoms with E-state index in [0.29, 0.717) is 0 Å². The average molecular weight is 452 g/mol. The highest BCUT2D eigenvalue weighted by Crippen LogP contribution is 2.59. The Morgan fingerprint density at radius 1 is 1.37 bits per heavy atom. The number of aliphatic hydroxyl groups is 2. The molecule has 0 spiro atoms. The van der Waals surface area contributed by atoms with Gasteiger partial charge in [0.15, 0.2) is 5.34 Å². The van der Waals surface area contributed by atoms with Crippen molar-refractivity contribution in [3.8, 4) is 0 Å². The summed E-state index contributed by atoms with van der Waals surface area (Å²) in [6.07, 6.45) is -2.97. The normalized spacial score (nSPS) is 30.4. The molecule has 1 aromatic rings. The Hall–Kier alpha value is -1.20. The van der Waals surface area contributed by atoms with Crippen LogP contribution in [0, 0.1) is 5.95 Å². The van der Waals surface area contributed by atoms with E-state index >= 15 is 0 Å². The molecule has 2 rings (SSSR count). The molecule has 0 aromatic carbocycles. The Morgan fingerprint density at radius 3 is 2.50 bits per heavy atom. The first-order valence-corrected chi connectivity index (χ1v) is 11.3. The molecule has 0 bridgehead atoms. The highest BCUT2D eigenvalue weighted by Gasteiger charge is 2.51. The van der Waals surface area contributed by atoms with Gasteiger partial charge in [0.2, 0.25) is 5.95 Å². The van der Waals surface area contributed by atoms with Crippen LogP contribution in [0.5, 0.6) is 0 Å². The number of nitrogens with one attached hydrogen (secondary N) is 1. The van der Waals surface area contributed by atoms with Crippen molar-refractivity contribution in [2.24, 2.45) is 0 Å². The molecule has 2 heterocycles. The zero-order chi connectivity index (χ0) is 22.9. The summed E-state index contributed by atoms with van der Waals surface area (Å²) >= 11 is 0. The molecular weight excluding hydrogens is 422 g/mol. The SMILES string of the molecule is CCC(C)(CC1OC(c2cnc(=O)[nH]c2F)C(OC)C1O)OP(=O)(O)C(C)(O)CC. The lowest BCUT2D eigenvalue weighted by Gasteiger charge is -2.37. The maximum absolute atomic E-state index is 14.2. The third kappa shape index (κ3) is 4.99. The zero-order valence-corrected chi connectivity index (χ0v) is 18.6. The number of ether oxygens (including phenoxy) is 2. The second kappa shape index (κ2) is 9.12. The van der Waals surface area contributed by atoms with Crippen molar-refractivity contribution in [1.82, 2.24) is 9.97 Å². The molecule has 10 nitrogen and oxygen atoms in total. The molecule has 12 heteroatoms. The number of nitrogens with zero attached hydrogens (tertiary/aromatic N) is 1. The predicted octanol–water partition coefficient (Wildman–Crippen LogP) is 1.60. The second-order valence-electron chi connectivity index (χ2n) is 7.93. The van der Waals surface area contributed by atoms with Crippen molar-refractivity contribution in [3.63, 3.8) is 0 Å². The van der Waals surface area contributed by atoms with Crippen LogP contribution in [0.3, 0.4) is 0 Å². The largest absolute Gasteiger partial charge is 0.388 e. The molecule has 0 saturated carbocycles. The van der Waals surface area contributed by atoms with Crippen LogP contribution in [0.1, 0.15) is 58.6 Å². The first-order valence-electron chi connectivity index (χ1n) is 9.68. The molecule has 0 aliphatic carbocycles. The number of aromatic amines is 1. The first-order chi connectivity index (χ1) is 13.8. The van der Waals surface area contributed by atoms with Crippen LogP contribution in [-0.2, 0) is 18.6 Å². The lowest BCUT2D eigenvalue weighted by atomic mass is 9.92. The summed E-state index contributed by atoms with van der Waals surface area (Å²) in [6.45, 7) is 6.06. The fourth-order valence-electron chi connectivity index (χ4n) is 3.27. The predicted molar refractivity (Wildman–Crippen MR) is 104 cm³/mol. The summed E-state index contributed by atoms with van der Waals surface area (Å²) in [5.74, 6) is -0.955. The van der Waals surface area contributed by atoms with Crippen molar-refractivity contribution < 1.29 is 38.1 Å². The molecule has 0 radical (unpaired) electrons. The molecule has 1 aliphatic rings. The Kier molecular flexibility index (Phi) is 7.62. The van der Waals surface area contributed by atoms with E-state index in [9.17, 15) is 28.9 Å². The number of methoxy groups -OCH3 is 1. The standard InChI is InChI=1S/C18H30FN2O8P/c1-6-17(3,29-30(25,26)18(4,24)7-2)8-11-12(22)14(27-5)13(28-11)10-9-20-16(23)21-15(10)19/h9,11-14,22,24H,6-8H2,1-5H3,(H,25,26)(H,20,21,23). The van der Waals surface area contributed by atoms with Gasteiger partial charge in [-0.3, -0.25) is 9.55 Å². The van der Waals surface area contributed by atoms with Gasteiger partial charge in [0.05, 0.1) is 17.3 Å². The van der Waals surface area contributed by atoms with Crippen LogP contribution >= 0.6 is 7.60 Å². The number of H-pyrrole nitrogens is 1. The quantitative estimate of drug-likeness (QED) is 0.323. The first kappa shape index (κ1) is 25.1. The van der Waals surface area contributed by atoms with Gasteiger partial charge in [-0.2, -0.15) is 4.39 Å².